The molecule has 0 aliphatic rings. The molecule has 3 aromatic carbocycles. The standard InChI is InChI=1S/C25H21ClN2O2/c1-29-24-17-25(30-2)20(16-19(24)13-12-18-8-4-3-5-9-18)22-14-15-27-28(22)23-11-7-6-10-21(23)26/h3-17H,1-2H3. The third kappa shape index (κ3) is 3.95. The highest BCUT2D eigenvalue weighted by atomic mass is 35.5. The summed E-state index contributed by atoms with van der Waals surface area (Å²) in [5.41, 5.74) is 4.61. The first-order chi connectivity index (χ1) is 14.7. The van der Waals surface area contributed by atoms with Crippen molar-refractivity contribution in [3.05, 3.63) is 95.1 Å². The Morgan fingerprint density at radius 3 is 2.30 bits per heavy atom. The van der Waals surface area contributed by atoms with Crippen molar-refractivity contribution in [1.82, 2.24) is 9.78 Å². The number of nitrogens with zero attached hydrogens (tertiary/aromatic N) is 2. The first-order valence-electron chi connectivity index (χ1n) is 9.49. The fourth-order valence-corrected chi connectivity index (χ4v) is 3.54. The lowest BCUT2D eigenvalue weighted by atomic mass is 10.0. The van der Waals surface area contributed by atoms with Crippen LogP contribution in [0, 0.1) is 0 Å². The number of para-hydroxylation sites is 1. The van der Waals surface area contributed by atoms with Gasteiger partial charge >= 0.3 is 0 Å². The molecule has 0 spiro atoms. The third-order valence-electron chi connectivity index (χ3n) is 4.81. The molecule has 0 saturated carbocycles. The van der Waals surface area contributed by atoms with Gasteiger partial charge in [0.1, 0.15) is 11.5 Å². The molecular formula is C25H21ClN2O2. The zero-order valence-electron chi connectivity index (χ0n) is 16.7. The van der Waals surface area contributed by atoms with Crippen LogP contribution in [0.2, 0.25) is 5.02 Å². The highest BCUT2D eigenvalue weighted by Gasteiger charge is 2.17. The molecule has 0 saturated heterocycles. The van der Waals surface area contributed by atoms with Crippen LogP contribution in [0.4, 0.5) is 0 Å². The Balaban J connectivity index is 1.84. The molecule has 0 N–H and O–H groups in total. The zero-order chi connectivity index (χ0) is 20.9. The molecule has 4 nitrogen and oxygen atoms in total. The average Bonchev–Trinajstić information content (AvgIpc) is 3.27. The Morgan fingerprint density at radius 1 is 0.833 bits per heavy atom. The maximum atomic E-state index is 6.42. The lowest BCUT2D eigenvalue weighted by molar-refractivity contribution is 0.394. The van der Waals surface area contributed by atoms with Crippen molar-refractivity contribution in [3.63, 3.8) is 0 Å². The Bertz CT molecular complexity index is 1180. The van der Waals surface area contributed by atoms with E-state index >= 15 is 0 Å². The largest absolute Gasteiger partial charge is 0.496 e. The molecule has 0 bridgehead atoms. The van der Waals surface area contributed by atoms with Crippen LogP contribution in [-0.4, -0.2) is 24.0 Å². The van der Waals surface area contributed by atoms with E-state index in [1.54, 1.807) is 20.4 Å². The topological polar surface area (TPSA) is 36.3 Å². The highest BCUT2D eigenvalue weighted by molar-refractivity contribution is 6.32. The monoisotopic (exact) mass is 416 g/mol. The van der Waals surface area contributed by atoms with Gasteiger partial charge in [0, 0.05) is 17.2 Å². The molecule has 5 heteroatoms. The molecule has 0 atom stereocenters. The van der Waals surface area contributed by atoms with E-state index in [-0.39, 0.29) is 0 Å². The zero-order valence-corrected chi connectivity index (χ0v) is 17.5. The number of hydrogen-bond acceptors (Lipinski definition) is 3. The smallest absolute Gasteiger partial charge is 0.131 e. The molecule has 150 valence electrons. The maximum Gasteiger partial charge on any atom is 0.131 e. The van der Waals surface area contributed by atoms with E-state index in [9.17, 15) is 0 Å². The quantitative estimate of drug-likeness (QED) is 0.342. The lowest BCUT2D eigenvalue weighted by Gasteiger charge is -2.15. The van der Waals surface area contributed by atoms with E-state index in [1.165, 1.54) is 0 Å². The minimum absolute atomic E-state index is 0.624. The number of benzene rings is 3. The molecule has 0 amide bonds. The lowest BCUT2D eigenvalue weighted by Crippen LogP contribution is -2.01. The van der Waals surface area contributed by atoms with Crippen LogP contribution in [0.15, 0.2) is 79.0 Å². The van der Waals surface area contributed by atoms with Crippen LogP contribution < -0.4 is 9.47 Å². The van der Waals surface area contributed by atoms with E-state index < -0.39 is 0 Å². The molecule has 1 heterocycles. The predicted octanol–water partition coefficient (Wildman–Crippen LogP) is 6.38. The van der Waals surface area contributed by atoms with Crippen LogP contribution in [0.3, 0.4) is 0 Å². The van der Waals surface area contributed by atoms with Gasteiger partial charge < -0.3 is 9.47 Å². The normalized spacial score (nSPS) is 11.0. The average molecular weight is 417 g/mol. The second kappa shape index (κ2) is 8.89. The summed E-state index contributed by atoms with van der Waals surface area (Å²) in [6.45, 7) is 0. The number of halogens is 1. The Kier molecular flexibility index (Phi) is 5.87. The summed E-state index contributed by atoms with van der Waals surface area (Å²) in [5.74, 6) is 1.42. The number of rotatable bonds is 6. The van der Waals surface area contributed by atoms with Gasteiger partial charge in [-0.1, -0.05) is 66.2 Å². The van der Waals surface area contributed by atoms with Crippen molar-refractivity contribution in [2.24, 2.45) is 0 Å². The van der Waals surface area contributed by atoms with Crippen LogP contribution in [0.25, 0.3) is 29.1 Å². The number of aromatic nitrogens is 2. The van der Waals surface area contributed by atoms with Gasteiger partial charge in [-0.3, -0.25) is 0 Å². The highest BCUT2D eigenvalue weighted by Crippen LogP contribution is 2.38. The van der Waals surface area contributed by atoms with E-state index in [0.29, 0.717) is 10.8 Å². The van der Waals surface area contributed by atoms with Crippen LogP contribution in [-0.2, 0) is 0 Å². The second-order valence-corrected chi connectivity index (χ2v) is 7.03. The Morgan fingerprint density at radius 2 is 1.57 bits per heavy atom. The van der Waals surface area contributed by atoms with Crippen LogP contribution >= 0.6 is 11.6 Å². The van der Waals surface area contributed by atoms with Crippen molar-refractivity contribution in [2.75, 3.05) is 14.2 Å². The molecule has 0 fully saturated rings. The Hall–Kier alpha value is -3.50. The van der Waals surface area contributed by atoms with Crippen LogP contribution in [0.5, 0.6) is 11.5 Å². The van der Waals surface area contributed by atoms with E-state index in [4.69, 9.17) is 21.1 Å². The predicted molar refractivity (Wildman–Crippen MR) is 122 cm³/mol. The van der Waals surface area contributed by atoms with Gasteiger partial charge in [-0.25, -0.2) is 4.68 Å². The van der Waals surface area contributed by atoms with Gasteiger partial charge in [-0.05, 0) is 29.8 Å². The summed E-state index contributed by atoms with van der Waals surface area (Å²) in [5, 5.41) is 5.12. The van der Waals surface area contributed by atoms with Gasteiger partial charge in [0.25, 0.3) is 0 Å². The van der Waals surface area contributed by atoms with Crippen molar-refractivity contribution < 1.29 is 9.47 Å². The van der Waals surface area contributed by atoms with Gasteiger partial charge in [0.15, 0.2) is 0 Å². The summed E-state index contributed by atoms with van der Waals surface area (Å²) in [7, 11) is 3.30. The molecule has 0 aliphatic heterocycles. The molecule has 0 unspecified atom stereocenters. The molecule has 1 aromatic heterocycles. The number of methoxy groups -OCH3 is 2. The maximum absolute atomic E-state index is 6.42. The van der Waals surface area contributed by atoms with Crippen LogP contribution in [0.1, 0.15) is 11.1 Å². The van der Waals surface area contributed by atoms with E-state index in [2.05, 4.69) is 23.3 Å². The molecule has 0 radical (unpaired) electrons. The second-order valence-electron chi connectivity index (χ2n) is 6.62. The van der Waals surface area contributed by atoms with Crippen molar-refractivity contribution >= 4 is 23.8 Å². The van der Waals surface area contributed by atoms with E-state index in [1.807, 2.05) is 71.4 Å². The van der Waals surface area contributed by atoms with E-state index in [0.717, 1.165) is 33.8 Å². The third-order valence-corrected chi connectivity index (χ3v) is 5.13. The summed E-state index contributed by atoms with van der Waals surface area (Å²) in [4.78, 5) is 0. The molecule has 4 rings (SSSR count). The Labute approximate surface area is 181 Å². The summed E-state index contributed by atoms with van der Waals surface area (Å²) in [6.07, 6.45) is 5.84. The van der Waals surface area contributed by atoms with Gasteiger partial charge in [0.05, 0.1) is 36.8 Å². The van der Waals surface area contributed by atoms with Gasteiger partial charge in [-0.2, -0.15) is 5.10 Å². The summed E-state index contributed by atoms with van der Waals surface area (Å²) < 4.78 is 13.1. The van der Waals surface area contributed by atoms with Crippen molar-refractivity contribution in [1.29, 1.82) is 0 Å². The van der Waals surface area contributed by atoms with Crippen molar-refractivity contribution in [3.8, 4) is 28.4 Å². The molecule has 30 heavy (non-hydrogen) atoms. The summed E-state index contributed by atoms with van der Waals surface area (Å²) >= 11 is 6.42. The molecule has 0 aliphatic carbocycles. The SMILES string of the molecule is COc1cc(OC)c(-c2ccnn2-c2ccccc2Cl)cc1C=Cc1ccccc1. The minimum atomic E-state index is 0.624. The fraction of sp³-hybridized carbons (Fsp3) is 0.0800. The first-order valence-corrected chi connectivity index (χ1v) is 9.87. The number of hydrogen-bond donors (Lipinski definition) is 0. The first kappa shape index (κ1) is 19.8. The molecule has 4 aromatic rings. The van der Waals surface area contributed by atoms with Gasteiger partial charge in [-0.15, -0.1) is 0 Å². The van der Waals surface area contributed by atoms with Gasteiger partial charge in [0.2, 0.25) is 0 Å². The van der Waals surface area contributed by atoms with Crippen molar-refractivity contribution in [2.45, 2.75) is 0 Å². The number of ether oxygens (including phenoxy) is 2. The summed E-state index contributed by atoms with van der Waals surface area (Å²) in [6, 6.07) is 23.6. The minimum Gasteiger partial charge on any atom is -0.496 e. The fourth-order valence-electron chi connectivity index (χ4n) is 3.33. The molecular weight excluding hydrogens is 396 g/mol.